The molecule has 6 aromatic rings. The van der Waals surface area contributed by atoms with E-state index in [2.05, 4.69) is 84.2 Å². The topological polar surface area (TPSA) is 39.4 Å². The Morgan fingerprint density at radius 2 is 1.32 bits per heavy atom. The van der Waals surface area contributed by atoms with Crippen molar-refractivity contribution < 1.29 is 9.53 Å². The molecule has 7 heteroatoms. The number of nitrogens with zero attached hydrogens (tertiary/aromatic N) is 3. The van der Waals surface area contributed by atoms with Gasteiger partial charge in [0.2, 0.25) is 0 Å². The number of benzene rings is 4. The largest absolute Gasteiger partial charge is 0.441 e. The molecular formula is C40H37Cl2N3O2. The Hall–Kier alpha value is -4.45. The number of halogens is 2. The van der Waals surface area contributed by atoms with Gasteiger partial charge >= 0.3 is 5.97 Å². The second-order valence-electron chi connectivity index (χ2n) is 12.4. The van der Waals surface area contributed by atoms with Crippen molar-refractivity contribution in [2.75, 3.05) is 19.0 Å². The zero-order chi connectivity index (χ0) is 33.2. The van der Waals surface area contributed by atoms with E-state index in [1.807, 2.05) is 62.6 Å². The Morgan fingerprint density at radius 3 is 1.83 bits per heavy atom. The Bertz CT molecular complexity index is 2140. The predicted molar refractivity (Wildman–Crippen MR) is 195 cm³/mol. The number of aryl methyl sites for hydroxylation is 2. The third kappa shape index (κ3) is 4.78. The molecule has 1 aliphatic rings. The van der Waals surface area contributed by atoms with Crippen LogP contribution in [0.5, 0.6) is 0 Å². The summed E-state index contributed by atoms with van der Waals surface area (Å²) < 4.78 is 11.2. The first-order valence-electron chi connectivity index (χ1n) is 16.0. The lowest BCUT2D eigenvalue weighted by atomic mass is 9.81. The van der Waals surface area contributed by atoms with Gasteiger partial charge in [-0.25, -0.2) is 4.79 Å². The molecule has 2 aromatic heterocycles. The van der Waals surface area contributed by atoms with Crippen LogP contribution in [0, 0.1) is 13.8 Å². The normalized spacial score (nSPS) is 15.7. The monoisotopic (exact) mass is 661 g/mol. The highest BCUT2D eigenvalue weighted by molar-refractivity contribution is 6.32. The Kier molecular flexibility index (Phi) is 7.73. The van der Waals surface area contributed by atoms with Gasteiger partial charge in [-0.1, -0.05) is 53.5 Å². The molecule has 1 aliphatic heterocycles. The van der Waals surface area contributed by atoms with Crippen LogP contribution in [0.1, 0.15) is 57.8 Å². The van der Waals surface area contributed by atoms with E-state index >= 15 is 0 Å². The summed E-state index contributed by atoms with van der Waals surface area (Å²) in [6, 6.07) is 28.2. The second-order valence-corrected chi connectivity index (χ2v) is 13.3. The molecule has 47 heavy (non-hydrogen) atoms. The first kappa shape index (κ1) is 31.2. The van der Waals surface area contributed by atoms with E-state index in [1.54, 1.807) is 0 Å². The zero-order valence-electron chi connectivity index (χ0n) is 27.5. The molecular weight excluding hydrogens is 625 g/mol. The molecule has 0 saturated heterocycles. The number of esters is 1. The first-order valence-corrected chi connectivity index (χ1v) is 16.8. The number of carbonyl (C=O) groups excluding carboxylic acids is 1. The van der Waals surface area contributed by atoms with E-state index < -0.39 is 5.60 Å². The minimum atomic E-state index is -1.20. The van der Waals surface area contributed by atoms with Gasteiger partial charge in [0.1, 0.15) is 0 Å². The SMILES string of the molecule is CCn1c(C)c(C(=CC2(c3ccc(N(C)C)cc3)OC(=O)c3ccccc32)c2c(C)n(CC)c3ccc(Cl)cc23)c2cc(Cl)ccc21. The van der Waals surface area contributed by atoms with Crippen molar-refractivity contribution in [2.24, 2.45) is 0 Å². The maximum absolute atomic E-state index is 13.7. The number of ether oxygens (including phenoxy) is 1. The minimum absolute atomic E-state index is 0.348. The average molecular weight is 663 g/mol. The summed E-state index contributed by atoms with van der Waals surface area (Å²) in [4.78, 5) is 15.8. The zero-order valence-corrected chi connectivity index (χ0v) is 29.0. The van der Waals surface area contributed by atoms with Crippen molar-refractivity contribution in [3.8, 4) is 0 Å². The molecule has 0 amide bonds. The summed E-state index contributed by atoms with van der Waals surface area (Å²) in [5, 5.41) is 3.40. The Morgan fingerprint density at radius 1 is 0.787 bits per heavy atom. The van der Waals surface area contributed by atoms with Gasteiger partial charge in [0.05, 0.1) is 5.56 Å². The van der Waals surface area contributed by atoms with Crippen LogP contribution in [0.15, 0.2) is 91.0 Å². The fourth-order valence-electron chi connectivity index (χ4n) is 7.53. The van der Waals surface area contributed by atoms with Crippen molar-refractivity contribution in [2.45, 2.75) is 46.4 Å². The predicted octanol–water partition coefficient (Wildman–Crippen LogP) is 10.2. The van der Waals surface area contributed by atoms with Crippen LogP contribution in [-0.2, 0) is 23.4 Å². The van der Waals surface area contributed by atoms with Gasteiger partial charge in [0.15, 0.2) is 5.60 Å². The lowest BCUT2D eigenvalue weighted by Crippen LogP contribution is -2.26. The van der Waals surface area contributed by atoms with Crippen LogP contribution in [-0.4, -0.2) is 29.2 Å². The highest BCUT2D eigenvalue weighted by atomic mass is 35.5. The number of aromatic nitrogens is 2. The molecule has 3 heterocycles. The molecule has 1 unspecified atom stereocenters. The number of rotatable bonds is 7. The number of cyclic esters (lactones) is 1. The third-order valence-electron chi connectivity index (χ3n) is 9.70. The molecule has 7 rings (SSSR count). The molecule has 0 saturated carbocycles. The summed E-state index contributed by atoms with van der Waals surface area (Å²) in [6.45, 7) is 10.2. The molecule has 0 aliphatic carbocycles. The molecule has 0 N–H and O–H groups in total. The van der Waals surface area contributed by atoms with Gasteiger partial charge in [-0.05, 0) is 93.9 Å². The van der Waals surface area contributed by atoms with E-state index in [1.165, 1.54) is 0 Å². The van der Waals surface area contributed by atoms with Crippen molar-refractivity contribution in [1.29, 1.82) is 0 Å². The van der Waals surface area contributed by atoms with Gasteiger partial charge in [0, 0.05) is 98.4 Å². The molecule has 0 radical (unpaired) electrons. The lowest BCUT2D eigenvalue weighted by molar-refractivity contribution is 0.0276. The summed E-state index contributed by atoms with van der Waals surface area (Å²) in [5.74, 6) is -0.348. The first-order chi connectivity index (χ1) is 22.6. The molecule has 0 spiro atoms. The van der Waals surface area contributed by atoms with Crippen molar-refractivity contribution in [3.63, 3.8) is 0 Å². The maximum atomic E-state index is 13.7. The average Bonchev–Trinajstić information content (AvgIpc) is 3.62. The van der Waals surface area contributed by atoms with Crippen LogP contribution in [0.3, 0.4) is 0 Å². The summed E-state index contributed by atoms with van der Waals surface area (Å²) in [7, 11) is 4.03. The smallest absolute Gasteiger partial charge is 0.340 e. The van der Waals surface area contributed by atoms with Crippen LogP contribution in [0.4, 0.5) is 5.69 Å². The summed E-state index contributed by atoms with van der Waals surface area (Å²) in [6.07, 6.45) is 2.17. The molecule has 5 nitrogen and oxygen atoms in total. The number of fused-ring (bicyclic) bond motifs is 3. The van der Waals surface area contributed by atoms with Crippen LogP contribution in [0.25, 0.3) is 27.4 Å². The Balaban J connectivity index is 1.67. The van der Waals surface area contributed by atoms with Crippen molar-refractivity contribution in [1.82, 2.24) is 9.13 Å². The van der Waals surface area contributed by atoms with Gasteiger partial charge in [-0.3, -0.25) is 0 Å². The van der Waals surface area contributed by atoms with Gasteiger partial charge < -0.3 is 18.8 Å². The van der Waals surface area contributed by atoms with E-state index in [0.29, 0.717) is 15.6 Å². The summed E-state index contributed by atoms with van der Waals surface area (Å²) >= 11 is 13.4. The maximum Gasteiger partial charge on any atom is 0.340 e. The number of carbonyl (C=O) groups is 1. The second kappa shape index (κ2) is 11.7. The molecule has 0 fully saturated rings. The highest BCUT2D eigenvalue weighted by Crippen LogP contribution is 2.49. The van der Waals surface area contributed by atoms with E-state index in [0.717, 1.165) is 79.8 Å². The molecule has 1 atom stereocenters. The number of hydrogen-bond acceptors (Lipinski definition) is 3. The van der Waals surface area contributed by atoms with Crippen LogP contribution < -0.4 is 4.90 Å². The number of anilines is 1. The van der Waals surface area contributed by atoms with Crippen molar-refractivity contribution in [3.05, 3.63) is 140 Å². The molecule has 0 bridgehead atoms. The van der Waals surface area contributed by atoms with Gasteiger partial charge in [-0.15, -0.1) is 0 Å². The van der Waals surface area contributed by atoms with Crippen LogP contribution >= 0.6 is 23.2 Å². The van der Waals surface area contributed by atoms with Crippen LogP contribution in [0.2, 0.25) is 10.0 Å². The van der Waals surface area contributed by atoms with Gasteiger partial charge in [-0.2, -0.15) is 0 Å². The lowest BCUT2D eigenvalue weighted by Gasteiger charge is -2.29. The highest BCUT2D eigenvalue weighted by Gasteiger charge is 2.46. The van der Waals surface area contributed by atoms with Gasteiger partial charge in [0.25, 0.3) is 0 Å². The fraction of sp³-hybridized carbons (Fsp3) is 0.225. The number of hydrogen-bond donors (Lipinski definition) is 0. The van der Waals surface area contributed by atoms with E-state index in [4.69, 9.17) is 27.9 Å². The fourth-order valence-corrected chi connectivity index (χ4v) is 7.87. The molecule has 238 valence electrons. The van der Waals surface area contributed by atoms with Crippen molar-refractivity contribution >= 4 is 62.2 Å². The quantitative estimate of drug-likeness (QED) is 0.160. The standard InChI is InChI=1S/C40H37Cl2N3O2/c1-7-44-24(3)37(31-21-27(41)15-19-35(31)44)33(38-25(4)45(8-2)36-20-16-28(42)22-32(36)38)23-40(26-13-17-29(18-14-26)43(5)6)34-12-10-9-11-30(34)39(46)47-40/h9-23H,7-8H2,1-6H3. The summed E-state index contributed by atoms with van der Waals surface area (Å²) in [5.41, 5.74) is 9.54. The van der Waals surface area contributed by atoms with E-state index in [-0.39, 0.29) is 5.97 Å². The third-order valence-corrected chi connectivity index (χ3v) is 10.2. The Labute approximate surface area is 285 Å². The molecule has 4 aromatic carbocycles. The minimum Gasteiger partial charge on any atom is -0.441 e. The van der Waals surface area contributed by atoms with E-state index in [9.17, 15) is 4.79 Å².